The predicted octanol–water partition coefficient (Wildman–Crippen LogP) is 1.26. The molecule has 0 saturated carbocycles. The van der Waals surface area contributed by atoms with Crippen LogP contribution in [-0.4, -0.2) is 11.5 Å². The van der Waals surface area contributed by atoms with E-state index in [0.717, 1.165) is 12.1 Å². The van der Waals surface area contributed by atoms with Crippen LogP contribution in [0.1, 0.15) is 18.2 Å². The predicted molar refractivity (Wildman–Crippen MR) is 50.9 cm³/mol. The number of rotatable bonds is 4. The number of pyridine rings is 1. The maximum Gasteiger partial charge on any atom is 0.0844 e. The standard InChI is InChI=1S/C10H13N3/c1-2-9-4-3-6-13-10(9)8-12-7-5-11/h3-4,6,12H,2,7-8H2,1H3. The summed E-state index contributed by atoms with van der Waals surface area (Å²) in [6.07, 6.45) is 2.76. The van der Waals surface area contributed by atoms with E-state index in [1.165, 1.54) is 5.56 Å². The van der Waals surface area contributed by atoms with Crippen molar-refractivity contribution in [3.8, 4) is 6.07 Å². The highest BCUT2D eigenvalue weighted by Gasteiger charge is 1.99. The molecular formula is C10H13N3. The first-order chi connectivity index (χ1) is 6.38. The van der Waals surface area contributed by atoms with Crippen LogP contribution in [0.5, 0.6) is 0 Å². The Balaban J connectivity index is 2.60. The van der Waals surface area contributed by atoms with Gasteiger partial charge in [-0.1, -0.05) is 13.0 Å². The van der Waals surface area contributed by atoms with Crippen molar-refractivity contribution in [1.82, 2.24) is 10.3 Å². The van der Waals surface area contributed by atoms with E-state index in [0.29, 0.717) is 13.1 Å². The molecule has 13 heavy (non-hydrogen) atoms. The molecule has 0 amide bonds. The van der Waals surface area contributed by atoms with E-state index in [9.17, 15) is 0 Å². The summed E-state index contributed by atoms with van der Waals surface area (Å²) in [4.78, 5) is 4.25. The number of nitrogens with zero attached hydrogens (tertiary/aromatic N) is 2. The molecular weight excluding hydrogens is 162 g/mol. The van der Waals surface area contributed by atoms with E-state index < -0.39 is 0 Å². The molecule has 0 fully saturated rings. The number of nitrogens with one attached hydrogen (secondary N) is 1. The molecule has 0 unspecified atom stereocenters. The van der Waals surface area contributed by atoms with Crippen molar-refractivity contribution in [2.45, 2.75) is 19.9 Å². The highest BCUT2D eigenvalue weighted by Crippen LogP contribution is 2.04. The fourth-order valence-corrected chi connectivity index (χ4v) is 1.19. The van der Waals surface area contributed by atoms with Crippen LogP contribution in [-0.2, 0) is 13.0 Å². The molecule has 0 spiro atoms. The molecule has 1 N–H and O–H groups in total. The van der Waals surface area contributed by atoms with Crippen LogP contribution in [0.15, 0.2) is 18.3 Å². The SMILES string of the molecule is CCc1cccnc1CNCC#N. The van der Waals surface area contributed by atoms with Gasteiger partial charge in [0.2, 0.25) is 0 Å². The normalized spacial score (nSPS) is 9.54. The summed E-state index contributed by atoms with van der Waals surface area (Å²) in [5.41, 5.74) is 2.29. The number of aromatic nitrogens is 1. The van der Waals surface area contributed by atoms with Crippen molar-refractivity contribution in [3.63, 3.8) is 0 Å². The first-order valence-corrected chi connectivity index (χ1v) is 4.39. The van der Waals surface area contributed by atoms with Crippen LogP contribution < -0.4 is 5.32 Å². The molecule has 0 bridgehead atoms. The second-order valence-electron chi connectivity index (χ2n) is 2.72. The van der Waals surface area contributed by atoms with Crippen molar-refractivity contribution >= 4 is 0 Å². The van der Waals surface area contributed by atoms with Gasteiger partial charge in [-0.3, -0.25) is 10.3 Å². The largest absolute Gasteiger partial charge is 0.299 e. The Morgan fingerprint density at radius 3 is 3.15 bits per heavy atom. The monoisotopic (exact) mass is 175 g/mol. The lowest BCUT2D eigenvalue weighted by molar-refractivity contribution is 0.735. The van der Waals surface area contributed by atoms with Gasteiger partial charge in [0.05, 0.1) is 18.3 Å². The molecule has 0 aliphatic rings. The fraction of sp³-hybridized carbons (Fsp3) is 0.400. The van der Waals surface area contributed by atoms with E-state index in [-0.39, 0.29) is 0 Å². The van der Waals surface area contributed by atoms with Gasteiger partial charge in [0.1, 0.15) is 0 Å². The van der Waals surface area contributed by atoms with Gasteiger partial charge < -0.3 is 0 Å². The Hall–Kier alpha value is -1.40. The molecule has 0 radical (unpaired) electrons. The van der Waals surface area contributed by atoms with Crippen LogP contribution in [0.3, 0.4) is 0 Å². The lowest BCUT2D eigenvalue weighted by atomic mass is 10.1. The fourth-order valence-electron chi connectivity index (χ4n) is 1.19. The third kappa shape index (κ3) is 2.85. The Bertz CT molecular complexity index is 301. The molecule has 0 atom stereocenters. The van der Waals surface area contributed by atoms with Crippen LogP contribution in [0.25, 0.3) is 0 Å². The van der Waals surface area contributed by atoms with E-state index in [2.05, 4.69) is 23.3 Å². The first-order valence-electron chi connectivity index (χ1n) is 4.39. The van der Waals surface area contributed by atoms with Gasteiger partial charge in [-0.15, -0.1) is 0 Å². The molecule has 1 aromatic heterocycles. The zero-order valence-corrected chi connectivity index (χ0v) is 7.75. The summed E-state index contributed by atoms with van der Waals surface area (Å²) in [7, 11) is 0. The maximum atomic E-state index is 8.34. The molecule has 0 aliphatic carbocycles. The Morgan fingerprint density at radius 1 is 1.62 bits per heavy atom. The van der Waals surface area contributed by atoms with Gasteiger partial charge in [-0.05, 0) is 18.1 Å². The second-order valence-corrected chi connectivity index (χ2v) is 2.72. The van der Waals surface area contributed by atoms with Crippen LogP contribution in [0.4, 0.5) is 0 Å². The number of aryl methyl sites for hydroxylation is 1. The van der Waals surface area contributed by atoms with Gasteiger partial charge in [0, 0.05) is 12.7 Å². The Labute approximate surface area is 78.4 Å². The minimum absolute atomic E-state index is 0.375. The lowest BCUT2D eigenvalue weighted by Gasteiger charge is -2.05. The third-order valence-corrected chi connectivity index (χ3v) is 1.86. The lowest BCUT2D eigenvalue weighted by Crippen LogP contribution is -2.15. The highest BCUT2D eigenvalue weighted by molar-refractivity contribution is 5.19. The average Bonchev–Trinajstić information content (AvgIpc) is 2.19. The quantitative estimate of drug-likeness (QED) is 0.553. The van der Waals surface area contributed by atoms with E-state index in [1.807, 2.05) is 12.1 Å². The molecule has 3 heteroatoms. The summed E-state index contributed by atoms with van der Waals surface area (Å²) in [6, 6.07) is 6.04. The van der Waals surface area contributed by atoms with Crippen LogP contribution in [0, 0.1) is 11.3 Å². The smallest absolute Gasteiger partial charge is 0.0844 e. The van der Waals surface area contributed by atoms with E-state index >= 15 is 0 Å². The summed E-state index contributed by atoms with van der Waals surface area (Å²) in [5, 5.41) is 11.3. The molecule has 3 nitrogen and oxygen atoms in total. The van der Waals surface area contributed by atoms with Crippen LogP contribution in [0.2, 0.25) is 0 Å². The molecule has 1 rings (SSSR count). The van der Waals surface area contributed by atoms with Crippen LogP contribution >= 0.6 is 0 Å². The average molecular weight is 175 g/mol. The first kappa shape index (κ1) is 9.69. The van der Waals surface area contributed by atoms with Gasteiger partial charge >= 0.3 is 0 Å². The van der Waals surface area contributed by atoms with Crippen molar-refractivity contribution in [2.75, 3.05) is 6.54 Å². The van der Waals surface area contributed by atoms with Crippen molar-refractivity contribution in [1.29, 1.82) is 5.26 Å². The topological polar surface area (TPSA) is 48.7 Å². The summed E-state index contributed by atoms with van der Waals surface area (Å²) in [5.74, 6) is 0. The van der Waals surface area contributed by atoms with Gasteiger partial charge in [0.25, 0.3) is 0 Å². The summed E-state index contributed by atoms with van der Waals surface area (Å²) in [6.45, 7) is 3.15. The number of nitriles is 1. The minimum Gasteiger partial charge on any atom is -0.299 e. The Morgan fingerprint density at radius 2 is 2.46 bits per heavy atom. The molecule has 0 aromatic carbocycles. The molecule has 1 heterocycles. The van der Waals surface area contributed by atoms with Crippen molar-refractivity contribution in [2.24, 2.45) is 0 Å². The van der Waals surface area contributed by atoms with E-state index in [1.54, 1.807) is 6.20 Å². The molecule has 0 saturated heterocycles. The second kappa shape index (κ2) is 5.28. The minimum atomic E-state index is 0.375. The zero-order chi connectivity index (χ0) is 9.52. The van der Waals surface area contributed by atoms with Crippen molar-refractivity contribution in [3.05, 3.63) is 29.6 Å². The van der Waals surface area contributed by atoms with Gasteiger partial charge in [-0.2, -0.15) is 5.26 Å². The molecule has 1 aromatic rings. The summed E-state index contributed by atoms with van der Waals surface area (Å²) >= 11 is 0. The molecule has 68 valence electrons. The highest BCUT2D eigenvalue weighted by atomic mass is 14.9. The van der Waals surface area contributed by atoms with Gasteiger partial charge in [-0.25, -0.2) is 0 Å². The third-order valence-electron chi connectivity index (χ3n) is 1.86. The Kier molecular flexibility index (Phi) is 3.94. The van der Waals surface area contributed by atoms with Gasteiger partial charge in [0.15, 0.2) is 0 Å². The van der Waals surface area contributed by atoms with E-state index in [4.69, 9.17) is 5.26 Å². The maximum absolute atomic E-state index is 8.34. The molecule has 0 aliphatic heterocycles. The zero-order valence-electron chi connectivity index (χ0n) is 7.75. The number of hydrogen-bond donors (Lipinski definition) is 1. The van der Waals surface area contributed by atoms with Crippen molar-refractivity contribution < 1.29 is 0 Å². The number of hydrogen-bond acceptors (Lipinski definition) is 3. The summed E-state index contributed by atoms with van der Waals surface area (Å²) < 4.78 is 0.